The van der Waals surface area contributed by atoms with Gasteiger partial charge in [-0.15, -0.1) is 12.6 Å². The summed E-state index contributed by atoms with van der Waals surface area (Å²) < 4.78 is 125. The van der Waals surface area contributed by atoms with E-state index in [0.717, 1.165) is 6.07 Å². The van der Waals surface area contributed by atoms with Gasteiger partial charge in [-0.25, -0.2) is 0 Å². The van der Waals surface area contributed by atoms with E-state index in [1.165, 1.54) is 24.3 Å². The van der Waals surface area contributed by atoms with Crippen LogP contribution in [0.1, 0.15) is 0 Å². The second-order valence-corrected chi connectivity index (χ2v) is 8.09. The molecular formula is C24H13F9OS. The van der Waals surface area contributed by atoms with Gasteiger partial charge in [0.25, 0.3) is 0 Å². The Bertz CT molecular complexity index is 1410. The molecule has 0 N–H and O–H groups in total. The summed E-state index contributed by atoms with van der Waals surface area (Å²) in [6.07, 6.45) is -13.2. The van der Waals surface area contributed by atoms with E-state index < -0.39 is 29.9 Å². The maximum absolute atomic E-state index is 14.5. The number of rotatable bonds is 5. The lowest BCUT2D eigenvalue weighted by Gasteiger charge is -2.33. The molecule has 0 aliphatic carbocycles. The normalized spacial score (nSPS) is 13.4. The molecule has 0 unspecified atom stereocenters. The molecule has 1 nitrogen and oxygen atoms in total. The molecule has 0 saturated carbocycles. The number of hydrogen-bond acceptors (Lipinski definition) is 2. The Kier molecular flexibility index (Phi) is 5.90. The van der Waals surface area contributed by atoms with Crippen molar-refractivity contribution in [3.05, 3.63) is 72.8 Å². The molecule has 4 aromatic rings. The SMILES string of the molecule is FC(F)(F)C(F)(F)C(F)(F)C(F)(F)Oc1ccc2ccccc2c1-c1c(S)ccc2ccccc12. The van der Waals surface area contributed by atoms with Gasteiger partial charge in [-0.2, -0.15) is 39.5 Å². The lowest BCUT2D eigenvalue weighted by molar-refractivity contribution is -0.428. The third-order valence-electron chi connectivity index (χ3n) is 5.40. The quantitative estimate of drug-likeness (QED) is 0.205. The van der Waals surface area contributed by atoms with E-state index in [0.29, 0.717) is 16.2 Å². The van der Waals surface area contributed by atoms with Crippen LogP contribution < -0.4 is 4.74 Å². The molecule has 0 heterocycles. The Hall–Kier alpha value is -3.08. The fourth-order valence-electron chi connectivity index (χ4n) is 3.68. The zero-order chi connectivity index (χ0) is 25.8. The zero-order valence-corrected chi connectivity index (χ0v) is 18.1. The fourth-order valence-corrected chi connectivity index (χ4v) is 3.99. The first-order chi connectivity index (χ1) is 16.2. The minimum absolute atomic E-state index is 0.139. The highest BCUT2D eigenvalue weighted by Crippen LogP contribution is 2.54. The summed E-state index contributed by atoms with van der Waals surface area (Å²) in [6.45, 7) is 0. The molecule has 0 aliphatic heterocycles. The predicted molar refractivity (Wildman–Crippen MR) is 116 cm³/mol. The van der Waals surface area contributed by atoms with Crippen molar-refractivity contribution in [3.8, 4) is 16.9 Å². The molecule has 4 rings (SSSR count). The second-order valence-electron chi connectivity index (χ2n) is 7.61. The second kappa shape index (κ2) is 8.25. The maximum atomic E-state index is 14.5. The van der Waals surface area contributed by atoms with Gasteiger partial charge in [0.15, 0.2) is 0 Å². The minimum Gasteiger partial charge on any atom is -0.427 e. The van der Waals surface area contributed by atoms with Gasteiger partial charge in [-0.3, -0.25) is 0 Å². The molecule has 0 spiro atoms. The van der Waals surface area contributed by atoms with E-state index in [-0.39, 0.29) is 21.4 Å². The highest BCUT2D eigenvalue weighted by atomic mass is 32.1. The molecule has 0 saturated heterocycles. The molecule has 0 fully saturated rings. The molecule has 11 heteroatoms. The summed E-state index contributed by atoms with van der Waals surface area (Å²) in [6, 6.07) is 17.8. The van der Waals surface area contributed by atoms with Crippen molar-refractivity contribution in [2.45, 2.75) is 29.0 Å². The average Bonchev–Trinajstić information content (AvgIpc) is 2.78. The number of benzene rings is 4. The van der Waals surface area contributed by atoms with Gasteiger partial charge in [0.05, 0.1) is 0 Å². The van der Waals surface area contributed by atoms with Crippen LogP contribution in [0.2, 0.25) is 0 Å². The van der Waals surface area contributed by atoms with Crippen molar-refractivity contribution in [2.75, 3.05) is 0 Å². The molecular weight excluding hydrogens is 507 g/mol. The van der Waals surface area contributed by atoms with Crippen molar-refractivity contribution in [2.24, 2.45) is 0 Å². The van der Waals surface area contributed by atoms with Crippen LogP contribution in [0.5, 0.6) is 5.75 Å². The third-order valence-corrected chi connectivity index (χ3v) is 5.77. The molecule has 0 bridgehead atoms. The van der Waals surface area contributed by atoms with Crippen LogP contribution in [-0.2, 0) is 0 Å². The largest absolute Gasteiger partial charge is 0.471 e. The number of alkyl halides is 9. The Morgan fingerprint density at radius 1 is 0.543 bits per heavy atom. The van der Waals surface area contributed by atoms with E-state index in [1.54, 1.807) is 42.5 Å². The van der Waals surface area contributed by atoms with Gasteiger partial charge in [-0.1, -0.05) is 60.7 Å². The van der Waals surface area contributed by atoms with E-state index in [1.807, 2.05) is 0 Å². The van der Waals surface area contributed by atoms with E-state index in [9.17, 15) is 39.5 Å². The minimum atomic E-state index is -7.07. The summed E-state index contributed by atoms with van der Waals surface area (Å²) in [4.78, 5) is 0.195. The van der Waals surface area contributed by atoms with E-state index in [2.05, 4.69) is 17.4 Å². The Morgan fingerprint density at radius 3 is 1.57 bits per heavy atom. The monoisotopic (exact) mass is 520 g/mol. The van der Waals surface area contributed by atoms with Gasteiger partial charge in [0.2, 0.25) is 0 Å². The van der Waals surface area contributed by atoms with Crippen LogP contribution in [0.25, 0.3) is 32.7 Å². The number of halogens is 9. The molecule has 0 aromatic heterocycles. The van der Waals surface area contributed by atoms with Gasteiger partial charge in [0.1, 0.15) is 5.75 Å². The maximum Gasteiger partial charge on any atom is 0.471 e. The highest BCUT2D eigenvalue weighted by molar-refractivity contribution is 7.80. The first-order valence-electron chi connectivity index (χ1n) is 9.81. The smallest absolute Gasteiger partial charge is 0.427 e. The van der Waals surface area contributed by atoms with Crippen LogP contribution in [-0.4, -0.2) is 24.1 Å². The Morgan fingerprint density at radius 2 is 1.03 bits per heavy atom. The zero-order valence-electron chi connectivity index (χ0n) is 17.2. The summed E-state index contributed by atoms with van der Waals surface area (Å²) in [5.41, 5.74) is -0.0874. The first-order valence-corrected chi connectivity index (χ1v) is 10.3. The van der Waals surface area contributed by atoms with Gasteiger partial charge in [0, 0.05) is 16.0 Å². The van der Waals surface area contributed by atoms with Crippen LogP contribution in [0.15, 0.2) is 77.7 Å². The molecule has 184 valence electrons. The van der Waals surface area contributed by atoms with Crippen molar-refractivity contribution >= 4 is 34.2 Å². The summed E-state index contributed by atoms with van der Waals surface area (Å²) >= 11 is 4.35. The summed E-state index contributed by atoms with van der Waals surface area (Å²) in [5.74, 6) is -15.0. The number of fused-ring (bicyclic) bond motifs is 2. The van der Waals surface area contributed by atoms with Crippen LogP contribution >= 0.6 is 12.6 Å². The standard InChI is InChI=1S/C24H13F9OS/c25-21(26,23(29,30)31)22(27,28)24(32,33)34-17-11-9-13-5-1-3-7-15(13)19(17)20-16-8-4-2-6-14(16)10-12-18(20)35/h1-12,35H. The van der Waals surface area contributed by atoms with E-state index >= 15 is 0 Å². The average molecular weight is 520 g/mol. The van der Waals surface area contributed by atoms with Crippen LogP contribution in [0, 0.1) is 0 Å². The molecule has 0 aliphatic rings. The molecule has 0 atom stereocenters. The first kappa shape index (κ1) is 25.0. The Labute approximate surface area is 197 Å². The fraction of sp³-hybridized carbons (Fsp3) is 0.167. The number of thiol groups is 1. The number of hydrogen-bond donors (Lipinski definition) is 1. The van der Waals surface area contributed by atoms with Crippen molar-refractivity contribution in [1.82, 2.24) is 0 Å². The number of ether oxygens (including phenoxy) is 1. The van der Waals surface area contributed by atoms with E-state index in [4.69, 9.17) is 0 Å². The third kappa shape index (κ3) is 3.95. The lowest BCUT2D eigenvalue weighted by atomic mass is 9.93. The van der Waals surface area contributed by atoms with Crippen molar-refractivity contribution < 1.29 is 44.3 Å². The topological polar surface area (TPSA) is 9.23 Å². The molecule has 0 radical (unpaired) electrons. The molecule has 0 amide bonds. The van der Waals surface area contributed by atoms with Gasteiger partial charge >= 0.3 is 24.1 Å². The highest BCUT2D eigenvalue weighted by Gasteiger charge is 2.83. The summed E-state index contributed by atoms with van der Waals surface area (Å²) in [7, 11) is 0. The Balaban J connectivity index is 1.99. The predicted octanol–water partition coefficient (Wildman–Crippen LogP) is 8.75. The lowest BCUT2D eigenvalue weighted by Crippen LogP contribution is -2.62. The van der Waals surface area contributed by atoms with Crippen LogP contribution in [0.4, 0.5) is 39.5 Å². The van der Waals surface area contributed by atoms with Crippen molar-refractivity contribution in [1.29, 1.82) is 0 Å². The van der Waals surface area contributed by atoms with Crippen molar-refractivity contribution in [3.63, 3.8) is 0 Å². The molecule has 4 aromatic carbocycles. The van der Waals surface area contributed by atoms with Gasteiger partial charge < -0.3 is 4.74 Å². The molecule has 35 heavy (non-hydrogen) atoms. The van der Waals surface area contributed by atoms with Gasteiger partial charge in [-0.05, 0) is 33.7 Å². The van der Waals surface area contributed by atoms with Crippen LogP contribution in [0.3, 0.4) is 0 Å². The summed E-state index contributed by atoms with van der Waals surface area (Å²) in [5, 5.41) is 1.65.